The molecule has 8 nitrogen and oxygen atoms in total. The van der Waals surface area contributed by atoms with Crippen LogP contribution in [0.15, 0.2) is 48.3 Å². The minimum atomic E-state index is -0.754. The lowest BCUT2D eigenvalue weighted by Gasteiger charge is -2.25. The first-order valence-electron chi connectivity index (χ1n) is 10.4. The van der Waals surface area contributed by atoms with Gasteiger partial charge in [0.05, 0.1) is 31.9 Å². The molecule has 0 bridgehead atoms. The third-order valence-electron chi connectivity index (χ3n) is 5.19. The highest BCUT2D eigenvalue weighted by Crippen LogP contribution is 2.40. The fourth-order valence-corrected chi connectivity index (χ4v) is 3.69. The molecule has 2 heterocycles. The van der Waals surface area contributed by atoms with Gasteiger partial charge in [-0.25, -0.2) is 0 Å². The average molecular weight is 440 g/mol. The number of carbonyl (C=O) groups is 2. The van der Waals surface area contributed by atoms with Gasteiger partial charge in [0, 0.05) is 31.1 Å². The third-order valence-corrected chi connectivity index (χ3v) is 5.19. The van der Waals surface area contributed by atoms with Crippen LogP contribution in [0.1, 0.15) is 37.4 Å². The summed E-state index contributed by atoms with van der Waals surface area (Å²) < 4.78 is 16.1. The van der Waals surface area contributed by atoms with Crippen LogP contribution in [0, 0.1) is 0 Å². The summed E-state index contributed by atoms with van der Waals surface area (Å²) in [6.07, 6.45) is 3.83. The highest BCUT2D eigenvalue weighted by molar-refractivity contribution is 6.46. The predicted octanol–water partition coefficient (Wildman–Crippen LogP) is 3.34. The Morgan fingerprint density at radius 2 is 1.91 bits per heavy atom. The van der Waals surface area contributed by atoms with Crippen molar-refractivity contribution in [1.29, 1.82) is 0 Å². The number of methoxy groups -OCH3 is 2. The van der Waals surface area contributed by atoms with E-state index in [1.165, 1.54) is 19.1 Å². The van der Waals surface area contributed by atoms with Gasteiger partial charge in [-0.3, -0.25) is 14.6 Å². The molecule has 1 aliphatic rings. The molecule has 1 N–H and O–H groups in total. The number of ketones is 1. The van der Waals surface area contributed by atoms with Crippen molar-refractivity contribution in [3.05, 3.63) is 59.4 Å². The molecule has 0 spiro atoms. The lowest BCUT2D eigenvalue weighted by molar-refractivity contribution is -0.140. The Bertz CT molecular complexity index is 1000. The van der Waals surface area contributed by atoms with Crippen LogP contribution in [-0.2, 0) is 14.3 Å². The Morgan fingerprint density at radius 3 is 2.53 bits per heavy atom. The van der Waals surface area contributed by atoms with Gasteiger partial charge in [-0.15, -0.1) is 0 Å². The number of Topliss-reactive ketones (excluding diaryl/α,β-unsaturated/α-hetero) is 1. The number of pyridine rings is 1. The van der Waals surface area contributed by atoms with E-state index in [-0.39, 0.29) is 17.4 Å². The van der Waals surface area contributed by atoms with Gasteiger partial charge in [-0.05, 0) is 50.1 Å². The number of aromatic nitrogens is 1. The van der Waals surface area contributed by atoms with E-state index in [9.17, 15) is 14.7 Å². The average Bonchev–Trinajstić information content (AvgIpc) is 3.06. The molecule has 8 heteroatoms. The van der Waals surface area contributed by atoms with Crippen LogP contribution in [0.5, 0.6) is 11.5 Å². The van der Waals surface area contributed by atoms with Crippen LogP contribution in [0.4, 0.5) is 0 Å². The smallest absolute Gasteiger partial charge is 0.295 e. The monoisotopic (exact) mass is 440 g/mol. The van der Waals surface area contributed by atoms with E-state index in [4.69, 9.17) is 14.2 Å². The van der Waals surface area contributed by atoms with Gasteiger partial charge in [0.15, 0.2) is 11.5 Å². The molecule has 1 unspecified atom stereocenters. The Morgan fingerprint density at radius 1 is 1.16 bits per heavy atom. The molecule has 0 radical (unpaired) electrons. The molecule has 1 atom stereocenters. The molecule has 1 aromatic carbocycles. The van der Waals surface area contributed by atoms with E-state index >= 15 is 0 Å². The number of amides is 1. The number of ether oxygens (including phenoxy) is 3. The second-order valence-corrected chi connectivity index (χ2v) is 7.62. The van der Waals surface area contributed by atoms with Crippen molar-refractivity contribution >= 4 is 17.4 Å². The lowest BCUT2D eigenvalue weighted by atomic mass is 9.96. The molecule has 32 heavy (non-hydrogen) atoms. The molecular formula is C24H28N2O6. The predicted molar refractivity (Wildman–Crippen MR) is 118 cm³/mol. The zero-order valence-corrected chi connectivity index (χ0v) is 18.7. The standard InChI is InChI=1S/C24H28N2O6/c1-15(2)32-12-6-11-26-21(17-7-5-10-25-14-17)20(23(28)24(26)29)22(27)16-8-9-18(30-3)19(13-16)31-4/h5,7-10,13-15,21,27H,6,11-12H2,1-4H3/b22-20-. The maximum absolute atomic E-state index is 13.0. The molecular weight excluding hydrogens is 412 g/mol. The van der Waals surface area contributed by atoms with Gasteiger partial charge in [0.1, 0.15) is 5.76 Å². The maximum atomic E-state index is 13.0. The van der Waals surface area contributed by atoms with Gasteiger partial charge < -0.3 is 24.2 Å². The topological polar surface area (TPSA) is 98.2 Å². The molecule has 0 saturated carbocycles. The minimum Gasteiger partial charge on any atom is -0.507 e. The molecule has 1 amide bonds. The Kier molecular flexibility index (Phi) is 7.48. The largest absolute Gasteiger partial charge is 0.507 e. The highest BCUT2D eigenvalue weighted by atomic mass is 16.5. The van der Waals surface area contributed by atoms with Crippen molar-refractivity contribution in [3.63, 3.8) is 0 Å². The minimum absolute atomic E-state index is 0.0139. The highest BCUT2D eigenvalue weighted by Gasteiger charge is 2.45. The van der Waals surface area contributed by atoms with E-state index in [2.05, 4.69) is 4.98 Å². The normalized spacial score (nSPS) is 17.8. The zero-order chi connectivity index (χ0) is 23.3. The van der Waals surface area contributed by atoms with Crippen molar-refractivity contribution in [1.82, 2.24) is 9.88 Å². The molecule has 0 aliphatic carbocycles. The van der Waals surface area contributed by atoms with Gasteiger partial charge in [0.25, 0.3) is 11.7 Å². The van der Waals surface area contributed by atoms with Crippen molar-refractivity contribution in [2.24, 2.45) is 0 Å². The number of aliphatic hydroxyl groups is 1. The van der Waals surface area contributed by atoms with E-state index in [0.717, 1.165) is 0 Å². The van der Waals surface area contributed by atoms with Crippen LogP contribution in [0.3, 0.4) is 0 Å². The fraction of sp³-hybridized carbons (Fsp3) is 0.375. The summed E-state index contributed by atoms with van der Waals surface area (Å²) in [6.45, 7) is 4.63. The van der Waals surface area contributed by atoms with Crippen LogP contribution in [0.2, 0.25) is 0 Å². The molecule has 3 rings (SSSR count). The first kappa shape index (κ1) is 23.3. The summed E-state index contributed by atoms with van der Waals surface area (Å²) in [7, 11) is 2.99. The van der Waals surface area contributed by atoms with E-state index in [1.807, 2.05) is 13.8 Å². The third kappa shape index (κ3) is 4.75. The molecule has 1 fully saturated rings. The van der Waals surface area contributed by atoms with Gasteiger partial charge in [0.2, 0.25) is 0 Å². The summed E-state index contributed by atoms with van der Waals surface area (Å²) >= 11 is 0. The number of benzene rings is 1. The summed E-state index contributed by atoms with van der Waals surface area (Å²) in [5.41, 5.74) is 0.996. The Balaban J connectivity index is 2.04. The zero-order valence-electron chi connectivity index (χ0n) is 18.7. The summed E-state index contributed by atoms with van der Waals surface area (Å²) in [6, 6.07) is 7.57. The fourth-order valence-electron chi connectivity index (χ4n) is 3.69. The van der Waals surface area contributed by atoms with Crippen LogP contribution >= 0.6 is 0 Å². The molecule has 1 aromatic heterocycles. The van der Waals surface area contributed by atoms with E-state index < -0.39 is 17.7 Å². The van der Waals surface area contributed by atoms with Crippen LogP contribution in [0.25, 0.3) is 5.76 Å². The summed E-state index contributed by atoms with van der Waals surface area (Å²) in [5, 5.41) is 11.1. The van der Waals surface area contributed by atoms with Crippen molar-refractivity contribution in [2.45, 2.75) is 32.4 Å². The van der Waals surface area contributed by atoms with Gasteiger partial charge >= 0.3 is 0 Å². The molecule has 2 aromatic rings. The number of aliphatic hydroxyl groups excluding tert-OH is 1. The van der Waals surface area contributed by atoms with Gasteiger partial charge in [-0.1, -0.05) is 6.07 Å². The Labute approximate surface area is 187 Å². The van der Waals surface area contributed by atoms with Crippen molar-refractivity contribution in [2.75, 3.05) is 27.4 Å². The SMILES string of the molecule is COc1ccc(/C(O)=C2/C(=O)C(=O)N(CCCOC(C)C)C2c2cccnc2)cc1OC. The number of rotatable bonds is 9. The summed E-state index contributed by atoms with van der Waals surface area (Å²) in [5.74, 6) is -0.798. The van der Waals surface area contributed by atoms with Gasteiger partial charge in [-0.2, -0.15) is 0 Å². The van der Waals surface area contributed by atoms with Crippen molar-refractivity contribution in [3.8, 4) is 11.5 Å². The van der Waals surface area contributed by atoms with Crippen molar-refractivity contribution < 1.29 is 28.9 Å². The number of hydrogen-bond donors (Lipinski definition) is 1. The maximum Gasteiger partial charge on any atom is 0.295 e. The molecule has 1 saturated heterocycles. The number of hydrogen-bond acceptors (Lipinski definition) is 7. The quantitative estimate of drug-likeness (QED) is 0.276. The van der Waals surface area contributed by atoms with E-state index in [0.29, 0.717) is 42.2 Å². The number of likely N-dealkylation sites (tertiary alicyclic amines) is 1. The second kappa shape index (κ2) is 10.3. The van der Waals surface area contributed by atoms with E-state index in [1.54, 1.807) is 42.7 Å². The van der Waals surface area contributed by atoms with Crippen LogP contribution < -0.4 is 9.47 Å². The molecule has 1 aliphatic heterocycles. The lowest BCUT2D eigenvalue weighted by Crippen LogP contribution is -2.31. The first-order chi connectivity index (χ1) is 15.4. The van der Waals surface area contributed by atoms with Crippen LogP contribution in [-0.4, -0.2) is 60.2 Å². The number of nitrogens with zero attached hydrogens (tertiary/aromatic N) is 2. The number of carbonyl (C=O) groups excluding carboxylic acids is 2. The first-order valence-corrected chi connectivity index (χ1v) is 10.4. The Hall–Kier alpha value is -3.39. The molecule has 170 valence electrons. The second-order valence-electron chi connectivity index (χ2n) is 7.62. The summed E-state index contributed by atoms with van der Waals surface area (Å²) in [4.78, 5) is 31.5.